The quantitative estimate of drug-likeness (QED) is 0.454. The smallest absolute Gasteiger partial charge is 0.335 e. The zero-order valence-corrected chi connectivity index (χ0v) is 17.8. The van der Waals surface area contributed by atoms with Gasteiger partial charge in [0.05, 0.1) is 38.4 Å². The van der Waals surface area contributed by atoms with Crippen molar-refractivity contribution in [3.63, 3.8) is 0 Å². The summed E-state index contributed by atoms with van der Waals surface area (Å²) in [6.07, 6.45) is 0.942. The zero-order valence-electron chi connectivity index (χ0n) is 16.3. The number of amides is 1. The van der Waals surface area contributed by atoms with E-state index < -0.39 is 23.5 Å². The lowest BCUT2D eigenvalue weighted by Crippen LogP contribution is -2.50. The average Bonchev–Trinajstić information content (AvgIpc) is 3.08. The van der Waals surface area contributed by atoms with Gasteiger partial charge >= 0.3 is 5.97 Å². The van der Waals surface area contributed by atoms with Gasteiger partial charge in [0.25, 0.3) is 0 Å². The van der Waals surface area contributed by atoms with Crippen LogP contribution in [0, 0.1) is 0 Å². The highest BCUT2D eigenvalue weighted by molar-refractivity contribution is 6.39. The molecule has 1 saturated carbocycles. The van der Waals surface area contributed by atoms with E-state index in [4.69, 9.17) is 28.9 Å². The zero-order chi connectivity index (χ0) is 22.3. The Bertz CT molecular complexity index is 1180. The summed E-state index contributed by atoms with van der Waals surface area (Å²) in [7, 11) is 0. The van der Waals surface area contributed by atoms with Gasteiger partial charge in [0.15, 0.2) is 0 Å². The number of fused-ring (bicyclic) bond motifs is 1. The molecule has 2 atom stereocenters. The maximum Gasteiger partial charge on any atom is 0.335 e. The highest BCUT2D eigenvalue weighted by atomic mass is 35.5. The number of carbonyl (C=O) groups excluding carboxylic acids is 1. The van der Waals surface area contributed by atoms with Gasteiger partial charge in [-0.05, 0) is 49.6 Å². The molecule has 10 heteroatoms. The third-order valence-corrected chi connectivity index (χ3v) is 6.32. The molecule has 5 N–H and O–H groups in total. The minimum absolute atomic E-state index is 0.0521. The van der Waals surface area contributed by atoms with E-state index in [9.17, 15) is 19.8 Å². The second kappa shape index (κ2) is 8.03. The Hall–Kier alpha value is -2.81. The van der Waals surface area contributed by atoms with E-state index in [0.29, 0.717) is 46.0 Å². The van der Waals surface area contributed by atoms with Crippen LogP contribution in [0.1, 0.15) is 36.0 Å². The molecule has 162 valence electrons. The SMILES string of the molecule is NC(=O)C1(n2c(Nc3c(Cl)cccc3Cl)nc3cc(C(=O)O)ccc32)CCCC(O)C1. The number of halogens is 2. The van der Waals surface area contributed by atoms with Crippen LogP contribution in [0.2, 0.25) is 10.0 Å². The van der Waals surface area contributed by atoms with Crippen molar-refractivity contribution in [2.75, 3.05) is 5.32 Å². The normalized spacial score (nSPS) is 21.2. The molecule has 2 unspecified atom stereocenters. The van der Waals surface area contributed by atoms with Crippen LogP contribution in [0.3, 0.4) is 0 Å². The summed E-state index contributed by atoms with van der Waals surface area (Å²) in [6.45, 7) is 0. The first-order valence-corrected chi connectivity index (χ1v) is 10.4. The number of hydrogen-bond donors (Lipinski definition) is 4. The molecule has 0 radical (unpaired) electrons. The predicted octanol–water partition coefficient (Wildman–Crippen LogP) is 3.90. The van der Waals surface area contributed by atoms with Crippen molar-refractivity contribution in [3.05, 3.63) is 52.0 Å². The van der Waals surface area contributed by atoms with Gasteiger partial charge in [-0.3, -0.25) is 9.36 Å². The number of aromatic carboxylic acids is 1. The Morgan fingerprint density at radius 3 is 2.55 bits per heavy atom. The molecule has 1 heterocycles. The summed E-state index contributed by atoms with van der Waals surface area (Å²) in [6, 6.07) is 9.43. The highest BCUT2D eigenvalue weighted by Crippen LogP contribution is 2.42. The number of nitrogens with one attached hydrogen (secondary N) is 1. The molecule has 0 spiro atoms. The minimum Gasteiger partial charge on any atom is -0.478 e. The average molecular weight is 463 g/mol. The Morgan fingerprint density at radius 1 is 1.23 bits per heavy atom. The molecule has 1 aromatic heterocycles. The number of nitrogens with zero attached hydrogens (tertiary/aromatic N) is 2. The minimum atomic E-state index is -1.26. The lowest BCUT2D eigenvalue weighted by molar-refractivity contribution is -0.130. The Morgan fingerprint density at radius 2 is 1.94 bits per heavy atom. The van der Waals surface area contributed by atoms with Crippen LogP contribution >= 0.6 is 23.2 Å². The van der Waals surface area contributed by atoms with Crippen molar-refractivity contribution in [1.82, 2.24) is 9.55 Å². The molecule has 0 saturated heterocycles. The Kier molecular flexibility index (Phi) is 5.55. The van der Waals surface area contributed by atoms with Crippen molar-refractivity contribution in [1.29, 1.82) is 0 Å². The summed E-state index contributed by atoms with van der Waals surface area (Å²) in [4.78, 5) is 28.7. The number of para-hydroxylation sites is 1. The standard InChI is InChI=1S/C21H20Cl2N4O4/c22-13-4-1-5-14(23)17(13)26-20-25-15-9-11(18(29)30)6-7-16(15)27(20)21(19(24)31)8-2-3-12(28)10-21/h1,4-7,9,12,28H,2-3,8,10H2,(H2,24,31)(H,25,26)(H,29,30). The van der Waals surface area contributed by atoms with E-state index in [1.165, 1.54) is 12.1 Å². The van der Waals surface area contributed by atoms with Crippen molar-refractivity contribution < 1.29 is 19.8 Å². The third-order valence-electron chi connectivity index (χ3n) is 5.69. The van der Waals surface area contributed by atoms with Crippen LogP contribution in [0.15, 0.2) is 36.4 Å². The molecule has 31 heavy (non-hydrogen) atoms. The van der Waals surface area contributed by atoms with Crippen LogP contribution < -0.4 is 11.1 Å². The topological polar surface area (TPSA) is 130 Å². The number of primary amides is 1. The maximum absolute atomic E-state index is 12.8. The Balaban J connectivity index is 1.98. The van der Waals surface area contributed by atoms with Crippen molar-refractivity contribution in [2.45, 2.75) is 37.3 Å². The molecule has 0 aliphatic heterocycles. The lowest BCUT2D eigenvalue weighted by Gasteiger charge is -2.39. The van der Waals surface area contributed by atoms with E-state index in [1.807, 2.05) is 0 Å². The summed E-state index contributed by atoms with van der Waals surface area (Å²) < 4.78 is 1.64. The number of anilines is 2. The first kappa shape index (κ1) is 21.4. The van der Waals surface area contributed by atoms with Gasteiger partial charge in [-0.25, -0.2) is 9.78 Å². The van der Waals surface area contributed by atoms with Crippen LogP contribution in [0.5, 0.6) is 0 Å². The van der Waals surface area contributed by atoms with Gasteiger partial charge < -0.3 is 21.3 Å². The number of aliphatic hydroxyl groups is 1. The molecule has 2 aromatic carbocycles. The summed E-state index contributed by atoms with van der Waals surface area (Å²) in [5.74, 6) is -1.49. The van der Waals surface area contributed by atoms with E-state index >= 15 is 0 Å². The number of aliphatic hydroxyl groups excluding tert-OH is 1. The van der Waals surface area contributed by atoms with Crippen LogP contribution in [-0.2, 0) is 10.3 Å². The molecule has 8 nitrogen and oxygen atoms in total. The number of imidazole rings is 1. The van der Waals surface area contributed by atoms with Gasteiger partial charge in [0, 0.05) is 6.42 Å². The number of hydrogen-bond acceptors (Lipinski definition) is 5. The van der Waals surface area contributed by atoms with Crippen molar-refractivity contribution >= 4 is 57.7 Å². The first-order valence-electron chi connectivity index (χ1n) is 9.68. The predicted molar refractivity (Wildman–Crippen MR) is 118 cm³/mol. The second-order valence-corrected chi connectivity index (χ2v) is 8.46. The lowest BCUT2D eigenvalue weighted by atomic mass is 9.79. The van der Waals surface area contributed by atoms with Crippen molar-refractivity contribution in [2.24, 2.45) is 5.73 Å². The molecular formula is C21H20Cl2N4O4. The van der Waals surface area contributed by atoms with Crippen LogP contribution in [0.4, 0.5) is 11.6 Å². The molecule has 1 aliphatic carbocycles. The van der Waals surface area contributed by atoms with Crippen LogP contribution in [-0.4, -0.2) is 37.7 Å². The maximum atomic E-state index is 12.8. The van der Waals surface area contributed by atoms with E-state index in [1.54, 1.807) is 28.8 Å². The van der Waals surface area contributed by atoms with Crippen molar-refractivity contribution in [3.8, 4) is 0 Å². The fraction of sp³-hybridized carbons (Fsp3) is 0.286. The molecule has 1 amide bonds. The number of carboxylic acid groups (broad SMARTS) is 1. The summed E-state index contributed by atoms with van der Waals surface area (Å²) >= 11 is 12.6. The summed E-state index contributed by atoms with van der Waals surface area (Å²) in [5, 5.41) is 23.5. The van der Waals surface area contributed by atoms with E-state index in [0.717, 1.165) is 0 Å². The van der Waals surface area contributed by atoms with Crippen LogP contribution in [0.25, 0.3) is 11.0 Å². The number of benzene rings is 2. The summed E-state index contributed by atoms with van der Waals surface area (Å²) in [5.41, 5.74) is 5.91. The largest absolute Gasteiger partial charge is 0.478 e. The number of carbonyl (C=O) groups is 2. The monoisotopic (exact) mass is 462 g/mol. The van der Waals surface area contributed by atoms with E-state index in [2.05, 4.69) is 10.3 Å². The molecular weight excluding hydrogens is 443 g/mol. The van der Waals surface area contributed by atoms with Gasteiger partial charge in [0.1, 0.15) is 5.54 Å². The fourth-order valence-electron chi connectivity index (χ4n) is 4.22. The number of aromatic nitrogens is 2. The number of carboxylic acids is 1. The van der Waals surface area contributed by atoms with Gasteiger partial charge in [-0.1, -0.05) is 29.3 Å². The third kappa shape index (κ3) is 3.71. The Labute approximate surface area is 187 Å². The fourth-order valence-corrected chi connectivity index (χ4v) is 4.71. The molecule has 3 aromatic rings. The van der Waals surface area contributed by atoms with Gasteiger partial charge in [-0.2, -0.15) is 0 Å². The first-order chi connectivity index (χ1) is 14.7. The van der Waals surface area contributed by atoms with Gasteiger partial charge in [-0.15, -0.1) is 0 Å². The molecule has 1 aliphatic rings. The molecule has 4 rings (SSSR count). The van der Waals surface area contributed by atoms with Gasteiger partial charge in [0.2, 0.25) is 11.9 Å². The second-order valence-electron chi connectivity index (χ2n) is 7.65. The molecule has 1 fully saturated rings. The van der Waals surface area contributed by atoms with E-state index in [-0.39, 0.29) is 17.9 Å². The highest BCUT2D eigenvalue weighted by Gasteiger charge is 2.45. The number of nitrogens with two attached hydrogens (primary N) is 1. The number of rotatable bonds is 5. The molecule has 0 bridgehead atoms.